The molecule has 0 spiro atoms. The number of fused-ring (bicyclic) bond motifs is 1. The first-order chi connectivity index (χ1) is 10.9. The maximum Gasteiger partial charge on any atom is 0.252 e. The summed E-state index contributed by atoms with van der Waals surface area (Å²) < 4.78 is 26.7. The normalized spacial score (nSPS) is 22.3. The Labute approximate surface area is 133 Å². The maximum absolute atomic E-state index is 12.8. The molecule has 122 valence electrons. The van der Waals surface area contributed by atoms with Gasteiger partial charge in [-0.2, -0.15) is 4.31 Å². The number of carbonyl (C=O) groups excluding carboxylic acids is 1. The monoisotopic (exact) mass is 335 g/mol. The van der Waals surface area contributed by atoms with Crippen LogP contribution in [-0.4, -0.2) is 42.4 Å². The van der Waals surface area contributed by atoms with Crippen LogP contribution in [-0.2, 0) is 14.8 Å². The van der Waals surface area contributed by atoms with Crippen molar-refractivity contribution in [1.29, 1.82) is 0 Å². The van der Waals surface area contributed by atoms with Crippen molar-refractivity contribution in [3.05, 3.63) is 42.5 Å². The Kier molecular flexibility index (Phi) is 4.07. The molecule has 1 aliphatic heterocycles. The van der Waals surface area contributed by atoms with Gasteiger partial charge in [0.15, 0.2) is 0 Å². The summed E-state index contributed by atoms with van der Waals surface area (Å²) in [6.45, 7) is -0.132. The number of nitrogens with one attached hydrogen (secondary N) is 1. The Balaban J connectivity index is 2.03. The molecule has 1 amide bonds. The Morgan fingerprint density at radius 1 is 1.22 bits per heavy atom. The molecule has 7 nitrogen and oxygen atoms in total. The van der Waals surface area contributed by atoms with Crippen LogP contribution >= 0.6 is 0 Å². The smallest absolute Gasteiger partial charge is 0.252 e. The van der Waals surface area contributed by atoms with E-state index >= 15 is 0 Å². The summed E-state index contributed by atoms with van der Waals surface area (Å²) in [5.41, 5.74) is 1.95. The molecule has 0 unspecified atom stereocenters. The van der Waals surface area contributed by atoms with Gasteiger partial charge in [-0.1, -0.05) is 30.3 Å². The average molecular weight is 335 g/mol. The number of sulfonamides is 1. The molecule has 2 aromatic rings. The van der Waals surface area contributed by atoms with Crippen LogP contribution in [0.15, 0.2) is 47.4 Å². The lowest BCUT2D eigenvalue weighted by molar-refractivity contribution is -0.124. The topological polar surface area (TPSA) is 113 Å². The molecule has 3 rings (SSSR count). The third-order valence-corrected chi connectivity index (χ3v) is 5.88. The minimum Gasteiger partial charge on any atom is -0.392 e. The van der Waals surface area contributed by atoms with Gasteiger partial charge in [0, 0.05) is 13.0 Å². The first-order valence-corrected chi connectivity index (χ1v) is 8.56. The Bertz CT molecular complexity index is 853. The third kappa shape index (κ3) is 2.81. The number of nitrogens with two attached hydrogens (primary N) is 1. The number of hydrogen-bond acceptors (Lipinski definition) is 5. The zero-order chi connectivity index (χ0) is 16.6. The van der Waals surface area contributed by atoms with Gasteiger partial charge >= 0.3 is 0 Å². The molecule has 4 N–H and O–H groups in total. The van der Waals surface area contributed by atoms with Crippen molar-refractivity contribution >= 4 is 26.7 Å². The molecule has 1 heterocycles. The van der Waals surface area contributed by atoms with Crippen molar-refractivity contribution < 1.29 is 18.3 Å². The van der Waals surface area contributed by atoms with Crippen molar-refractivity contribution in [2.45, 2.75) is 23.5 Å². The minimum absolute atomic E-state index is 0.0237. The van der Waals surface area contributed by atoms with Crippen molar-refractivity contribution in [2.75, 3.05) is 6.54 Å². The highest BCUT2D eigenvalue weighted by atomic mass is 32.2. The number of aliphatic hydroxyl groups excluding tert-OH is 1. The van der Waals surface area contributed by atoms with Crippen LogP contribution in [0.4, 0.5) is 0 Å². The number of carbonyl (C=O) groups is 1. The van der Waals surface area contributed by atoms with E-state index in [4.69, 9.17) is 5.84 Å². The molecule has 0 bridgehead atoms. The molecule has 8 heteroatoms. The fourth-order valence-corrected chi connectivity index (χ4v) is 4.52. The second-order valence-corrected chi connectivity index (χ2v) is 7.39. The molecular weight excluding hydrogens is 318 g/mol. The second kappa shape index (κ2) is 5.89. The van der Waals surface area contributed by atoms with E-state index in [-0.39, 0.29) is 17.9 Å². The molecular formula is C15H17N3O4S. The van der Waals surface area contributed by atoms with Crippen molar-refractivity contribution in [1.82, 2.24) is 9.73 Å². The summed E-state index contributed by atoms with van der Waals surface area (Å²) in [5.74, 6) is 4.48. The summed E-state index contributed by atoms with van der Waals surface area (Å²) in [5, 5.41) is 11.5. The van der Waals surface area contributed by atoms with E-state index in [1.807, 2.05) is 29.7 Å². The molecule has 0 saturated carbocycles. The van der Waals surface area contributed by atoms with E-state index in [9.17, 15) is 18.3 Å². The molecule has 23 heavy (non-hydrogen) atoms. The van der Waals surface area contributed by atoms with Crippen molar-refractivity contribution in [2.24, 2.45) is 5.84 Å². The van der Waals surface area contributed by atoms with Crippen molar-refractivity contribution in [3.63, 3.8) is 0 Å². The van der Waals surface area contributed by atoms with Crippen molar-refractivity contribution in [3.8, 4) is 0 Å². The van der Waals surface area contributed by atoms with E-state index in [1.54, 1.807) is 12.1 Å². The molecule has 0 aromatic heterocycles. The number of benzene rings is 2. The average Bonchev–Trinajstić information content (AvgIpc) is 2.96. The number of rotatable bonds is 3. The van der Waals surface area contributed by atoms with Gasteiger partial charge in [0.25, 0.3) is 5.91 Å². The second-order valence-electron chi connectivity index (χ2n) is 5.50. The summed E-state index contributed by atoms with van der Waals surface area (Å²) in [4.78, 5) is 11.9. The molecule has 0 radical (unpaired) electrons. The molecule has 1 aliphatic rings. The molecule has 2 atom stereocenters. The molecule has 0 aliphatic carbocycles. The lowest BCUT2D eigenvalue weighted by Crippen LogP contribution is -2.47. The standard InChI is InChI=1S/C15H17N3O4S/c16-17-15(20)14-8-12(19)9-18(14)23(21,22)13-6-5-10-3-1-2-4-11(10)7-13/h1-7,12,14,19H,8-9,16H2,(H,17,20)/t12-,14-/m1/s1. The highest BCUT2D eigenvalue weighted by molar-refractivity contribution is 7.89. The van der Waals surface area contributed by atoms with Crippen LogP contribution in [0.3, 0.4) is 0 Å². The van der Waals surface area contributed by atoms with Crippen LogP contribution in [0.2, 0.25) is 0 Å². The fraction of sp³-hybridized carbons (Fsp3) is 0.267. The van der Waals surface area contributed by atoms with Crippen LogP contribution in [0.25, 0.3) is 10.8 Å². The number of aliphatic hydroxyl groups is 1. The number of β-amino-alcohol motifs (C(OH)–C–C–N with tert-alkyl or cyclic N) is 1. The van der Waals surface area contributed by atoms with Crippen LogP contribution in [0, 0.1) is 0 Å². The summed E-state index contributed by atoms with van der Waals surface area (Å²) in [6, 6.07) is 11.2. The van der Waals surface area contributed by atoms with Gasteiger partial charge in [-0.25, -0.2) is 14.3 Å². The Morgan fingerprint density at radius 2 is 1.91 bits per heavy atom. The van der Waals surface area contributed by atoms with E-state index in [0.29, 0.717) is 0 Å². The number of hydrazine groups is 1. The lowest BCUT2D eigenvalue weighted by Gasteiger charge is -2.22. The first kappa shape index (κ1) is 15.9. The quantitative estimate of drug-likeness (QED) is 0.414. The number of hydrogen-bond donors (Lipinski definition) is 3. The number of amides is 1. The van der Waals surface area contributed by atoms with Gasteiger partial charge in [0.05, 0.1) is 11.0 Å². The minimum atomic E-state index is -3.91. The fourth-order valence-electron chi connectivity index (χ4n) is 2.85. The zero-order valence-electron chi connectivity index (χ0n) is 12.2. The SMILES string of the molecule is NNC(=O)[C@H]1C[C@@H](O)CN1S(=O)(=O)c1ccc2ccccc2c1. The molecule has 1 fully saturated rings. The lowest BCUT2D eigenvalue weighted by atomic mass is 10.1. The van der Waals surface area contributed by atoms with Gasteiger partial charge in [-0.3, -0.25) is 10.2 Å². The van der Waals surface area contributed by atoms with E-state index in [1.165, 1.54) is 6.07 Å². The Morgan fingerprint density at radius 3 is 2.61 bits per heavy atom. The highest BCUT2D eigenvalue weighted by Gasteiger charge is 2.43. The maximum atomic E-state index is 12.8. The van der Waals surface area contributed by atoms with E-state index in [2.05, 4.69) is 0 Å². The zero-order valence-corrected chi connectivity index (χ0v) is 13.0. The predicted molar refractivity (Wildman–Crippen MR) is 84.6 cm³/mol. The van der Waals surface area contributed by atoms with Crippen LogP contribution in [0.1, 0.15) is 6.42 Å². The highest BCUT2D eigenvalue weighted by Crippen LogP contribution is 2.28. The van der Waals surface area contributed by atoms with Gasteiger partial charge in [0.1, 0.15) is 6.04 Å². The predicted octanol–water partition coefficient (Wildman–Crippen LogP) is -0.0464. The number of nitrogens with zero attached hydrogens (tertiary/aromatic N) is 1. The van der Waals surface area contributed by atoms with E-state index < -0.39 is 28.1 Å². The van der Waals surface area contributed by atoms with Crippen LogP contribution < -0.4 is 11.3 Å². The largest absolute Gasteiger partial charge is 0.392 e. The van der Waals surface area contributed by atoms with Gasteiger partial charge in [0.2, 0.25) is 10.0 Å². The van der Waals surface area contributed by atoms with Gasteiger partial charge < -0.3 is 5.11 Å². The first-order valence-electron chi connectivity index (χ1n) is 7.12. The third-order valence-electron chi connectivity index (χ3n) is 4.01. The van der Waals surface area contributed by atoms with Gasteiger partial charge in [-0.05, 0) is 22.9 Å². The van der Waals surface area contributed by atoms with Gasteiger partial charge in [-0.15, -0.1) is 0 Å². The summed E-state index contributed by atoms with van der Waals surface area (Å²) in [7, 11) is -3.91. The molecule has 2 aromatic carbocycles. The molecule has 1 saturated heterocycles. The summed E-state index contributed by atoms with van der Waals surface area (Å²) in [6.07, 6.45) is -0.872. The summed E-state index contributed by atoms with van der Waals surface area (Å²) >= 11 is 0. The van der Waals surface area contributed by atoms with Crippen LogP contribution in [0.5, 0.6) is 0 Å². The van der Waals surface area contributed by atoms with E-state index in [0.717, 1.165) is 15.1 Å². The Hall–Kier alpha value is -2.00.